The molecule has 0 aliphatic heterocycles. The van der Waals surface area contributed by atoms with E-state index >= 15 is 0 Å². The molecular formula is C22H37N. The summed E-state index contributed by atoms with van der Waals surface area (Å²) in [5.41, 5.74) is -0.135. The van der Waals surface area contributed by atoms with E-state index in [4.69, 9.17) is 0 Å². The topological polar surface area (TPSA) is 23.8 Å². The van der Waals surface area contributed by atoms with Gasteiger partial charge in [0, 0.05) is 0 Å². The molecule has 2 aliphatic carbocycles. The lowest BCUT2D eigenvalue weighted by atomic mass is 9.64. The number of rotatable bonds is 7. The Morgan fingerprint density at radius 2 is 1.61 bits per heavy atom. The van der Waals surface area contributed by atoms with Crippen LogP contribution in [-0.2, 0) is 0 Å². The highest BCUT2D eigenvalue weighted by Crippen LogP contribution is 2.46. The maximum Gasteiger partial charge on any atom is 0.0753 e. The molecule has 0 aromatic carbocycles. The van der Waals surface area contributed by atoms with Crippen molar-refractivity contribution < 1.29 is 0 Å². The standard InChI is InChI=1S/C22H37N/c1-3-5-6-7-15-22(18-23)16-13-21(14-17-22)20-11-9-19(8-4-2)10-12-20/h7,15,19-21H,3-6,8-14,16-17H2,1-2H3/t19?,20?,21-,22+. The number of nitrogens with zero attached hydrogens (tertiary/aromatic N) is 1. The molecule has 0 atom stereocenters. The molecule has 130 valence electrons. The van der Waals surface area contributed by atoms with Crippen LogP contribution in [-0.4, -0.2) is 0 Å². The maximum absolute atomic E-state index is 9.69. The molecule has 2 aliphatic rings. The maximum atomic E-state index is 9.69. The minimum absolute atomic E-state index is 0.135. The average molecular weight is 316 g/mol. The summed E-state index contributed by atoms with van der Waals surface area (Å²) >= 11 is 0. The van der Waals surface area contributed by atoms with Crippen LogP contribution in [0.15, 0.2) is 12.2 Å². The monoisotopic (exact) mass is 315 g/mol. The first kappa shape index (κ1) is 18.6. The Morgan fingerprint density at radius 1 is 0.957 bits per heavy atom. The van der Waals surface area contributed by atoms with Crippen molar-refractivity contribution in [2.75, 3.05) is 0 Å². The molecule has 0 spiro atoms. The van der Waals surface area contributed by atoms with E-state index in [1.807, 2.05) is 0 Å². The van der Waals surface area contributed by atoms with Crippen molar-refractivity contribution in [2.45, 2.75) is 97.3 Å². The van der Waals surface area contributed by atoms with Crippen LogP contribution in [0.1, 0.15) is 97.3 Å². The third kappa shape index (κ3) is 5.37. The van der Waals surface area contributed by atoms with Crippen LogP contribution < -0.4 is 0 Å². The number of nitriles is 1. The summed E-state index contributed by atoms with van der Waals surface area (Å²) in [7, 11) is 0. The van der Waals surface area contributed by atoms with Gasteiger partial charge in [0.1, 0.15) is 0 Å². The Morgan fingerprint density at radius 3 is 2.17 bits per heavy atom. The highest BCUT2D eigenvalue weighted by Gasteiger charge is 2.36. The predicted octanol–water partition coefficient (Wildman–Crippen LogP) is 7.04. The van der Waals surface area contributed by atoms with Crippen molar-refractivity contribution in [3.05, 3.63) is 12.2 Å². The third-order valence-electron chi connectivity index (χ3n) is 6.56. The van der Waals surface area contributed by atoms with E-state index in [1.165, 1.54) is 64.2 Å². The van der Waals surface area contributed by atoms with Crippen LogP contribution in [0.25, 0.3) is 0 Å². The first-order valence-electron chi connectivity index (χ1n) is 10.3. The summed E-state index contributed by atoms with van der Waals surface area (Å²) in [6, 6.07) is 2.65. The molecule has 0 amide bonds. The summed E-state index contributed by atoms with van der Waals surface area (Å²) in [5.74, 6) is 2.88. The summed E-state index contributed by atoms with van der Waals surface area (Å²) in [4.78, 5) is 0. The SMILES string of the molecule is CCCCC=C[C@]1(C#N)CC[C@@H](C2CCC(CCC)CC2)CC1. The zero-order valence-electron chi connectivity index (χ0n) is 15.5. The molecule has 2 rings (SSSR count). The van der Waals surface area contributed by atoms with E-state index in [0.29, 0.717) is 0 Å². The number of allylic oxidation sites excluding steroid dienone is 2. The van der Waals surface area contributed by atoms with Crippen LogP contribution in [0, 0.1) is 34.5 Å². The number of hydrogen-bond donors (Lipinski definition) is 0. The van der Waals surface area contributed by atoms with E-state index in [0.717, 1.165) is 37.0 Å². The van der Waals surface area contributed by atoms with Gasteiger partial charge < -0.3 is 0 Å². The molecule has 0 aromatic rings. The van der Waals surface area contributed by atoms with Crippen LogP contribution in [0.2, 0.25) is 0 Å². The molecule has 23 heavy (non-hydrogen) atoms. The van der Waals surface area contributed by atoms with Gasteiger partial charge in [0.05, 0.1) is 11.5 Å². The third-order valence-corrected chi connectivity index (χ3v) is 6.56. The van der Waals surface area contributed by atoms with E-state index in [9.17, 15) is 5.26 Å². The molecular weight excluding hydrogens is 278 g/mol. The minimum atomic E-state index is -0.135. The fourth-order valence-corrected chi connectivity index (χ4v) is 4.93. The van der Waals surface area contributed by atoms with Gasteiger partial charge in [0.25, 0.3) is 0 Å². The minimum Gasteiger partial charge on any atom is -0.197 e. The van der Waals surface area contributed by atoms with Crippen LogP contribution in [0.4, 0.5) is 0 Å². The van der Waals surface area contributed by atoms with Gasteiger partial charge in [-0.15, -0.1) is 0 Å². The molecule has 1 nitrogen and oxygen atoms in total. The molecule has 0 aromatic heterocycles. The Balaban J connectivity index is 1.79. The first-order chi connectivity index (χ1) is 11.2. The van der Waals surface area contributed by atoms with Gasteiger partial charge >= 0.3 is 0 Å². The van der Waals surface area contributed by atoms with Crippen LogP contribution in [0.3, 0.4) is 0 Å². The Labute approximate surface area is 144 Å². The highest BCUT2D eigenvalue weighted by atomic mass is 14.4. The number of hydrogen-bond acceptors (Lipinski definition) is 1. The Bertz CT molecular complexity index is 387. The average Bonchev–Trinajstić information content (AvgIpc) is 2.60. The fraction of sp³-hybridized carbons (Fsp3) is 0.864. The quantitative estimate of drug-likeness (QED) is 0.365. The normalized spacial score (nSPS) is 35.3. The van der Waals surface area contributed by atoms with E-state index in [2.05, 4.69) is 32.1 Å². The van der Waals surface area contributed by atoms with E-state index in [-0.39, 0.29) is 5.41 Å². The lowest BCUT2D eigenvalue weighted by Gasteiger charge is -2.39. The second-order valence-electron chi connectivity index (χ2n) is 8.22. The zero-order valence-corrected chi connectivity index (χ0v) is 15.5. The molecule has 0 N–H and O–H groups in total. The van der Waals surface area contributed by atoms with Crippen LogP contribution >= 0.6 is 0 Å². The first-order valence-corrected chi connectivity index (χ1v) is 10.3. The van der Waals surface area contributed by atoms with Gasteiger partial charge in [0.15, 0.2) is 0 Å². The molecule has 2 fully saturated rings. The zero-order chi connectivity index (χ0) is 16.5. The Kier molecular flexibility index (Phi) is 7.68. The van der Waals surface area contributed by atoms with Gasteiger partial charge in [-0.3, -0.25) is 0 Å². The van der Waals surface area contributed by atoms with Crippen molar-refractivity contribution in [1.29, 1.82) is 5.26 Å². The van der Waals surface area contributed by atoms with Gasteiger partial charge in [0.2, 0.25) is 0 Å². The molecule has 0 saturated heterocycles. The number of unbranched alkanes of at least 4 members (excludes halogenated alkanes) is 2. The summed E-state index contributed by atoms with van der Waals surface area (Å²) in [5, 5.41) is 9.69. The van der Waals surface area contributed by atoms with Crippen LogP contribution in [0.5, 0.6) is 0 Å². The molecule has 0 heterocycles. The largest absolute Gasteiger partial charge is 0.197 e. The van der Waals surface area contributed by atoms with Crippen molar-refractivity contribution in [1.82, 2.24) is 0 Å². The summed E-state index contributed by atoms with van der Waals surface area (Å²) in [6.07, 6.45) is 21.6. The fourth-order valence-electron chi connectivity index (χ4n) is 4.93. The van der Waals surface area contributed by atoms with E-state index < -0.39 is 0 Å². The summed E-state index contributed by atoms with van der Waals surface area (Å²) in [6.45, 7) is 4.55. The predicted molar refractivity (Wildman–Crippen MR) is 99.0 cm³/mol. The van der Waals surface area contributed by atoms with Gasteiger partial charge in [-0.2, -0.15) is 5.26 Å². The van der Waals surface area contributed by atoms with Crippen molar-refractivity contribution in [3.63, 3.8) is 0 Å². The molecule has 2 saturated carbocycles. The highest BCUT2D eigenvalue weighted by molar-refractivity contribution is 5.14. The molecule has 0 unspecified atom stereocenters. The van der Waals surface area contributed by atoms with Crippen molar-refractivity contribution >= 4 is 0 Å². The van der Waals surface area contributed by atoms with Gasteiger partial charge in [-0.25, -0.2) is 0 Å². The molecule has 1 heteroatoms. The van der Waals surface area contributed by atoms with Crippen molar-refractivity contribution in [3.8, 4) is 6.07 Å². The van der Waals surface area contributed by atoms with E-state index in [1.54, 1.807) is 0 Å². The lowest BCUT2D eigenvalue weighted by molar-refractivity contribution is 0.137. The smallest absolute Gasteiger partial charge is 0.0753 e. The van der Waals surface area contributed by atoms with Gasteiger partial charge in [-0.1, -0.05) is 64.5 Å². The second-order valence-corrected chi connectivity index (χ2v) is 8.22. The van der Waals surface area contributed by atoms with Crippen molar-refractivity contribution in [2.24, 2.45) is 23.2 Å². The van der Waals surface area contributed by atoms with Gasteiger partial charge in [-0.05, 0) is 62.7 Å². The second kappa shape index (κ2) is 9.51. The molecule has 0 radical (unpaired) electrons. The summed E-state index contributed by atoms with van der Waals surface area (Å²) < 4.78 is 0. The molecule has 0 bridgehead atoms. The lowest BCUT2D eigenvalue weighted by Crippen LogP contribution is -2.30. The Hall–Kier alpha value is -0.770.